The van der Waals surface area contributed by atoms with E-state index < -0.39 is 0 Å². The minimum absolute atomic E-state index is 0.540. The zero-order valence-corrected chi connectivity index (χ0v) is 11.8. The van der Waals surface area contributed by atoms with E-state index in [1.165, 1.54) is 30.4 Å². The highest BCUT2D eigenvalue weighted by Gasteiger charge is 2.20. The molecule has 0 saturated heterocycles. The second kappa shape index (κ2) is 5.21. The smallest absolute Gasteiger partial charge is 0.110 e. The van der Waals surface area contributed by atoms with Gasteiger partial charge >= 0.3 is 0 Å². The summed E-state index contributed by atoms with van der Waals surface area (Å²) in [5.41, 5.74) is 3.01. The second-order valence-electron chi connectivity index (χ2n) is 5.41. The molecule has 2 aromatic rings. The Morgan fingerprint density at radius 1 is 1.42 bits per heavy atom. The van der Waals surface area contributed by atoms with Crippen LogP contribution < -0.4 is 5.32 Å². The molecule has 1 N–H and O–H groups in total. The SMILES string of the molecule is CNC1CCCc2cn(CCc3nccn3C)cc21. The van der Waals surface area contributed by atoms with Crippen molar-refractivity contribution in [2.45, 2.75) is 38.3 Å². The second-order valence-corrected chi connectivity index (χ2v) is 5.41. The highest BCUT2D eigenvalue weighted by molar-refractivity contribution is 5.30. The molecule has 0 fully saturated rings. The maximum atomic E-state index is 4.38. The van der Waals surface area contributed by atoms with Crippen LogP contribution in [0.25, 0.3) is 0 Å². The molecule has 2 heterocycles. The van der Waals surface area contributed by atoms with Crippen molar-refractivity contribution in [2.75, 3.05) is 7.05 Å². The standard InChI is InChI=1S/C15H22N4/c1-16-14-5-3-4-12-10-19(11-13(12)14)8-6-15-17-7-9-18(15)2/h7,9-11,14,16H,3-6,8H2,1-2H3. The summed E-state index contributed by atoms with van der Waals surface area (Å²) in [6.07, 6.45) is 13.3. The molecule has 0 bridgehead atoms. The molecule has 4 heteroatoms. The van der Waals surface area contributed by atoms with Crippen LogP contribution in [-0.2, 0) is 26.4 Å². The van der Waals surface area contributed by atoms with Crippen LogP contribution in [0.3, 0.4) is 0 Å². The van der Waals surface area contributed by atoms with Gasteiger partial charge in [-0.25, -0.2) is 4.98 Å². The van der Waals surface area contributed by atoms with Crippen LogP contribution in [0.15, 0.2) is 24.8 Å². The van der Waals surface area contributed by atoms with Gasteiger partial charge in [-0.1, -0.05) is 0 Å². The highest BCUT2D eigenvalue weighted by atomic mass is 15.0. The first-order valence-electron chi connectivity index (χ1n) is 7.10. The molecular weight excluding hydrogens is 236 g/mol. The number of aryl methyl sites for hydroxylation is 4. The van der Waals surface area contributed by atoms with Crippen LogP contribution in [0.4, 0.5) is 0 Å². The molecule has 0 saturated carbocycles. The van der Waals surface area contributed by atoms with E-state index >= 15 is 0 Å². The summed E-state index contributed by atoms with van der Waals surface area (Å²) in [5, 5.41) is 3.42. The summed E-state index contributed by atoms with van der Waals surface area (Å²) in [7, 11) is 4.12. The molecule has 2 aromatic heterocycles. The van der Waals surface area contributed by atoms with Gasteiger partial charge in [0, 0.05) is 50.8 Å². The molecule has 1 aliphatic rings. The van der Waals surface area contributed by atoms with Gasteiger partial charge in [0.05, 0.1) is 0 Å². The Labute approximate surface area is 114 Å². The van der Waals surface area contributed by atoms with Gasteiger partial charge in [0.1, 0.15) is 5.82 Å². The number of fused-ring (bicyclic) bond motifs is 1. The largest absolute Gasteiger partial charge is 0.353 e. The quantitative estimate of drug-likeness (QED) is 0.911. The molecule has 1 atom stereocenters. The number of aromatic nitrogens is 3. The van der Waals surface area contributed by atoms with Crippen molar-refractivity contribution in [1.82, 2.24) is 19.4 Å². The average Bonchev–Trinajstić information content (AvgIpc) is 3.01. The minimum Gasteiger partial charge on any atom is -0.353 e. The number of rotatable bonds is 4. The Morgan fingerprint density at radius 3 is 3.05 bits per heavy atom. The van der Waals surface area contributed by atoms with Crippen LogP contribution >= 0.6 is 0 Å². The van der Waals surface area contributed by atoms with Gasteiger partial charge in [-0.2, -0.15) is 0 Å². The van der Waals surface area contributed by atoms with Crippen LogP contribution in [0, 0.1) is 0 Å². The minimum atomic E-state index is 0.540. The van der Waals surface area contributed by atoms with E-state index in [0.717, 1.165) is 18.8 Å². The van der Waals surface area contributed by atoms with Crippen LogP contribution in [0.1, 0.15) is 35.8 Å². The molecule has 102 valence electrons. The molecule has 0 aliphatic heterocycles. The summed E-state index contributed by atoms with van der Waals surface area (Å²) in [4.78, 5) is 4.38. The van der Waals surface area contributed by atoms with Gasteiger partial charge in [0.15, 0.2) is 0 Å². The average molecular weight is 258 g/mol. The van der Waals surface area contributed by atoms with Gasteiger partial charge in [-0.05, 0) is 37.4 Å². The first-order chi connectivity index (χ1) is 9.28. The van der Waals surface area contributed by atoms with Crippen molar-refractivity contribution in [3.8, 4) is 0 Å². The number of nitrogens with zero attached hydrogens (tertiary/aromatic N) is 3. The lowest BCUT2D eigenvalue weighted by atomic mass is 9.91. The number of nitrogens with one attached hydrogen (secondary N) is 1. The summed E-state index contributed by atoms with van der Waals surface area (Å²) in [6, 6.07) is 0.540. The van der Waals surface area contributed by atoms with Crippen LogP contribution in [-0.4, -0.2) is 21.2 Å². The lowest BCUT2D eigenvalue weighted by Gasteiger charge is -2.21. The Morgan fingerprint density at radius 2 is 2.32 bits per heavy atom. The molecule has 4 nitrogen and oxygen atoms in total. The lowest BCUT2D eigenvalue weighted by molar-refractivity contribution is 0.498. The third-order valence-corrected chi connectivity index (χ3v) is 4.17. The Kier molecular flexibility index (Phi) is 3.42. The monoisotopic (exact) mass is 258 g/mol. The van der Waals surface area contributed by atoms with Crippen LogP contribution in [0.5, 0.6) is 0 Å². The van der Waals surface area contributed by atoms with Crippen LogP contribution in [0.2, 0.25) is 0 Å². The number of hydrogen-bond acceptors (Lipinski definition) is 2. The Hall–Kier alpha value is -1.55. The Bertz CT molecular complexity index is 552. The third-order valence-electron chi connectivity index (χ3n) is 4.17. The molecule has 0 aromatic carbocycles. The van der Waals surface area contributed by atoms with Gasteiger partial charge in [-0.3, -0.25) is 0 Å². The van der Waals surface area contributed by atoms with Crippen molar-refractivity contribution in [3.63, 3.8) is 0 Å². The summed E-state index contributed by atoms with van der Waals surface area (Å²) < 4.78 is 4.43. The molecule has 19 heavy (non-hydrogen) atoms. The molecular formula is C15H22N4. The maximum Gasteiger partial charge on any atom is 0.110 e. The van der Waals surface area contributed by atoms with E-state index in [-0.39, 0.29) is 0 Å². The highest BCUT2D eigenvalue weighted by Crippen LogP contribution is 2.30. The van der Waals surface area contributed by atoms with E-state index in [4.69, 9.17) is 0 Å². The first kappa shape index (κ1) is 12.5. The first-order valence-corrected chi connectivity index (χ1v) is 7.10. The van der Waals surface area contributed by atoms with Crippen molar-refractivity contribution in [2.24, 2.45) is 7.05 Å². The fraction of sp³-hybridized carbons (Fsp3) is 0.533. The third kappa shape index (κ3) is 2.45. The predicted molar refractivity (Wildman–Crippen MR) is 76.1 cm³/mol. The zero-order valence-electron chi connectivity index (χ0n) is 11.8. The molecule has 0 amide bonds. The van der Waals surface area contributed by atoms with Gasteiger partial charge in [0.2, 0.25) is 0 Å². The maximum absolute atomic E-state index is 4.38. The van der Waals surface area contributed by atoms with Crippen molar-refractivity contribution in [1.29, 1.82) is 0 Å². The molecule has 1 aliphatic carbocycles. The fourth-order valence-electron chi connectivity index (χ4n) is 3.04. The number of imidazole rings is 1. The van der Waals surface area contributed by atoms with E-state index in [1.807, 2.05) is 12.4 Å². The molecule has 1 unspecified atom stereocenters. The van der Waals surface area contributed by atoms with Crippen molar-refractivity contribution >= 4 is 0 Å². The Balaban J connectivity index is 1.72. The van der Waals surface area contributed by atoms with Gasteiger partial charge in [-0.15, -0.1) is 0 Å². The molecule has 0 spiro atoms. The molecule has 0 radical (unpaired) electrons. The van der Waals surface area contributed by atoms with E-state index in [9.17, 15) is 0 Å². The summed E-state index contributed by atoms with van der Waals surface area (Å²) in [5.74, 6) is 1.15. The van der Waals surface area contributed by atoms with Crippen molar-refractivity contribution < 1.29 is 0 Å². The zero-order chi connectivity index (χ0) is 13.2. The summed E-state index contributed by atoms with van der Waals surface area (Å²) >= 11 is 0. The van der Waals surface area contributed by atoms with E-state index in [0.29, 0.717) is 6.04 Å². The van der Waals surface area contributed by atoms with Crippen molar-refractivity contribution in [3.05, 3.63) is 41.7 Å². The summed E-state index contributed by atoms with van der Waals surface area (Å²) in [6.45, 7) is 1.01. The fourth-order valence-corrected chi connectivity index (χ4v) is 3.04. The van der Waals surface area contributed by atoms with E-state index in [2.05, 4.69) is 45.9 Å². The molecule has 3 rings (SSSR count). The van der Waals surface area contributed by atoms with Gasteiger partial charge in [0.25, 0.3) is 0 Å². The number of hydrogen-bond donors (Lipinski definition) is 1. The van der Waals surface area contributed by atoms with Gasteiger partial charge < -0.3 is 14.5 Å². The normalized spacial score (nSPS) is 18.5. The topological polar surface area (TPSA) is 34.8 Å². The lowest BCUT2D eigenvalue weighted by Crippen LogP contribution is -2.20. The predicted octanol–water partition coefficient (Wildman–Crippen LogP) is 2.06. The van der Waals surface area contributed by atoms with E-state index in [1.54, 1.807) is 0 Å².